The molecule has 0 saturated heterocycles. The van der Waals surface area contributed by atoms with Crippen molar-refractivity contribution in [1.82, 2.24) is 5.32 Å². The summed E-state index contributed by atoms with van der Waals surface area (Å²) in [6, 6.07) is -0.839. The standard InChI is InChI=1S/C64H127N2O7P/c1-7-10-13-16-19-22-25-27-29-30-31-32-33-34-35-36-37-39-42-45-48-51-54-57-64(68)73-62(55-52-49-46-43-40-24-21-18-15-12-9-3)61(60-72-74(69,70)71-59-58-66(4,5)6)65-63(67)56-53-50-47-44-41-38-28-26-23-20-17-14-11-8-2/h52,55,61-62H,7-51,53-54,56-60H2,1-6H3,(H-,65,67,69,70)/p+1/b55-52-. The molecule has 0 aliphatic carbocycles. The second-order valence-electron chi connectivity index (χ2n) is 23.7. The molecule has 0 bridgehead atoms. The van der Waals surface area contributed by atoms with Gasteiger partial charge in [-0.05, 0) is 31.8 Å². The van der Waals surface area contributed by atoms with Crippen LogP contribution in [-0.2, 0) is 27.9 Å². The number of quaternary nitrogens is 1. The summed E-state index contributed by atoms with van der Waals surface area (Å²) in [6.07, 6.45) is 63.6. The van der Waals surface area contributed by atoms with Gasteiger partial charge in [-0.3, -0.25) is 18.6 Å². The monoisotopic (exact) mass is 1070 g/mol. The molecule has 440 valence electrons. The van der Waals surface area contributed by atoms with Crippen molar-refractivity contribution in [2.75, 3.05) is 40.9 Å². The number of nitrogens with zero attached hydrogens (tertiary/aromatic N) is 1. The van der Waals surface area contributed by atoms with Gasteiger partial charge < -0.3 is 19.4 Å². The fourth-order valence-corrected chi connectivity index (χ4v) is 10.7. The van der Waals surface area contributed by atoms with E-state index in [9.17, 15) is 19.0 Å². The van der Waals surface area contributed by atoms with E-state index in [-0.39, 0.29) is 25.1 Å². The van der Waals surface area contributed by atoms with E-state index in [1.54, 1.807) is 0 Å². The molecule has 3 atom stereocenters. The Labute approximate surface area is 461 Å². The predicted octanol–water partition coefficient (Wildman–Crippen LogP) is 20.0. The summed E-state index contributed by atoms with van der Waals surface area (Å²) in [5.74, 6) is -0.483. The zero-order chi connectivity index (χ0) is 54.3. The minimum absolute atomic E-state index is 0.0457. The van der Waals surface area contributed by atoms with E-state index in [1.807, 2.05) is 33.3 Å². The Morgan fingerprint density at radius 2 is 0.770 bits per heavy atom. The van der Waals surface area contributed by atoms with Gasteiger partial charge in [-0.2, -0.15) is 0 Å². The van der Waals surface area contributed by atoms with Crippen LogP contribution in [0.1, 0.15) is 335 Å². The van der Waals surface area contributed by atoms with Crippen molar-refractivity contribution < 1.29 is 37.3 Å². The fraction of sp³-hybridized carbons (Fsp3) is 0.938. The van der Waals surface area contributed by atoms with Gasteiger partial charge in [0.1, 0.15) is 19.3 Å². The number of likely N-dealkylation sites (N-methyl/N-ethyl adjacent to an activating group) is 1. The summed E-state index contributed by atoms with van der Waals surface area (Å²) in [6.45, 7) is 7.06. The minimum Gasteiger partial charge on any atom is -0.456 e. The molecule has 0 spiro atoms. The van der Waals surface area contributed by atoms with Crippen molar-refractivity contribution in [1.29, 1.82) is 0 Å². The van der Waals surface area contributed by atoms with Gasteiger partial charge in [0.25, 0.3) is 0 Å². The first-order chi connectivity index (χ1) is 35.9. The van der Waals surface area contributed by atoms with Crippen molar-refractivity contribution >= 4 is 19.7 Å². The van der Waals surface area contributed by atoms with Crippen LogP contribution in [-0.4, -0.2) is 74.3 Å². The number of carbonyl (C=O) groups excluding carboxylic acids is 2. The molecular formula is C64H128N2O7P+. The smallest absolute Gasteiger partial charge is 0.456 e. The molecule has 0 aliphatic rings. The number of esters is 1. The average Bonchev–Trinajstić information content (AvgIpc) is 3.36. The highest BCUT2D eigenvalue weighted by atomic mass is 31.2. The highest BCUT2D eigenvalue weighted by molar-refractivity contribution is 7.47. The van der Waals surface area contributed by atoms with E-state index in [0.29, 0.717) is 23.9 Å². The molecule has 0 radical (unpaired) electrons. The second-order valence-corrected chi connectivity index (χ2v) is 25.1. The number of amides is 1. The Morgan fingerprint density at radius 3 is 1.11 bits per heavy atom. The lowest BCUT2D eigenvalue weighted by molar-refractivity contribution is -0.870. The number of hydrogen-bond acceptors (Lipinski definition) is 6. The molecule has 3 unspecified atom stereocenters. The summed E-state index contributed by atoms with van der Waals surface area (Å²) in [5, 5.41) is 3.06. The van der Waals surface area contributed by atoms with E-state index in [1.165, 1.54) is 244 Å². The van der Waals surface area contributed by atoms with Crippen molar-refractivity contribution in [3.63, 3.8) is 0 Å². The minimum atomic E-state index is -4.44. The number of hydrogen-bond donors (Lipinski definition) is 2. The Morgan fingerprint density at radius 1 is 0.459 bits per heavy atom. The molecular weight excluding hydrogens is 940 g/mol. The van der Waals surface area contributed by atoms with E-state index in [2.05, 4.69) is 26.1 Å². The first-order valence-corrected chi connectivity index (χ1v) is 34.0. The molecule has 1 amide bonds. The SMILES string of the molecule is CCCCCCCCCCC/C=C\C(OC(=O)CCCCCCCCCCCCCCCCCCCCCCCCC)C(COP(=O)(O)OCC[N+](C)(C)C)NC(=O)CCCCCCCCCCCCCCCC. The number of phosphoric acid groups is 1. The lowest BCUT2D eigenvalue weighted by atomic mass is 10.0. The number of ether oxygens (including phenoxy) is 1. The van der Waals surface area contributed by atoms with Gasteiger partial charge in [0.05, 0.1) is 33.8 Å². The first kappa shape index (κ1) is 72.8. The molecule has 0 fully saturated rings. The molecule has 0 aromatic rings. The molecule has 0 heterocycles. The van der Waals surface area contributed by atoms with Crippen LogP contribution in [0.15, 0.2) is 12.2 Å². The summed E-state index contributed by atoms with van der Waals surface area (Å²) >= 11 is 0. The number of phosphoric ester groups is 1. The van der Waals surface area contributed by atoms with E-state index in [4.69, 9.17) is 13.8 Å². The molecule has 0 saturated carbocycles. The maximum atomic E-state index is 13.5. The Hall–Kier alpha value is -1.25. The summed E-state index contributed by atoms with van der Waals surface area (Å²) in [5.41, 5.74) is 0. The van der Waals surface area contributed by atoms with Gasteiger partial charge in [-0.1, -0.05) is 303 Å². The number of allylic oxidation sites excluding steroid dienone is 1. The van der Waals surface area contributed by atoms with E-state index < -0.39 is 20.0 Å². The topological polar surface area (TPSA) is 111 Å². The number of rotatable bonds is 60. The molecule has 0 rings (SSSR count). The third kappa shape index (κ3) is 55.5. The highest BCUT2D eigenvalue weighted by Gasteiger charge is 2.30. The molecule has 2 N–H and O–H groups in total. The molecule has 9 nitrogen and oxygen atoms in total. The Bertz CT molecular complexity index is 1270. The molecule has 0 aliphatic heterocycles. The van der Waals surface area contributed by atoms with Gasteiger partial charge in [-0.25, -0.2) is 4.57 Å². The van der Waals surface area contributed by atoms with E-state index >= 15 is 0 Å². The predicted molar refractivity (Wildman–Crippen MR) is 319 cm³/mol. The van der Waals surface area contributed by atoms with Crippen LogP contribution in [0.3, 0.4) is 0 Å². The lowest BCUT2D eigenvalue weighted by Gasteiger charge is -2.27. The van der Waals surface area contributed by atoms with Crippen molar-refractivity contribution in [3.8, 4) is 0 Å². The third-order valence-corrected chi connectivity index (χ3v) is 16.0. The maximum absolute atomic E-state index is 13.5. The quantitative estimate of drug-likeness (QED) is 0.0205. The second kappa shape index (κ2) is 55.1. The van der Waals surface area contributed by atoms with E-state index in [0.717, 1.165) is 57.8 Å². The van der Waals surface area contributed by atoms with Gasteiger partial charge in [-0.15, -0.1) is 0 Å². The van der Waals surface area contributed by atoms with Crippen LogP contribution < -0.4 is 5.32 Å². The van der Waals surface area contributed by atoms with Crippen LogP contribution in [0.4, 0.5) is 0 Å². The van der Waals surface area contributed by atoms with Gasteiger partial charge >= 0.3 is 13.8 Å². The van der Waals surface area contributed by atoms with Crippen LogP contribution in [0, 0.1) is 0 Å². The van der Waals surface area contributed by atoms with Crippen LogP contribution in [0.5, 0.6) is 0 Å². The number of unbranched alkanes of at least 4 members (excludes halogenated alkanes) is 44. The highest BCUT2D eigenvalue weighted by Crippen LogP contribution is 2.43. The normalized spacial score (nSPS) is 13.7. The zero-order valence-electron chi connectivity index (χ0n) is 50.4. The maximum Gasteiger partial charge on any atom is 0.472 e. The molecule has 10 heteroatoms. The van der Waals surface area contributed by atoms with Crippen molar-refractivity contribution in [2.24, 2.45) is 0 Å². The molecule has 0 aromatic heterocycles. The van der Waals surface area contributed by atoms with Crippen LogP contribution in [0.25, 0.3) is 0 Å². The summed E-state index contributed by atoms with van der Waals surface area (Å²) in [7, 11) is 1.52. The number of nitrogens with one attached hydrogen (secondary N) is 1. The Kier molecular flexibility index (Phi) is 54.1. The van der Waals surface area contributed by atoms with Crippen molar-refractivity contribution in [2.45, 2.75) is 348 Å². The molecule has 74 heavy (non-hydrogen) atoms. The molecule has 0 aromatic carbocycles. The van der Waals surface area contributed by atoms with Gasteiger partial charge in [0.15, 0.2) is 0 Å². The third-order valence-electron chi connectivity index (χ3n) is 15.0. The average molecular weight is 1070 g/mol. The Balaban J connectivity index is 5.04. The number of carbonyl (C=O) groups is 2. The summed E-state index contributed by atoms with van der Waals surface area (Å²) < 4.78 is 30.7. The van der Waals surface area contributed by atoms with Crippen molar-refractivity contribution in [3.05, 3.63) is 12.2 Å². The zero-order valence-corrected chi connectivity index (χ0v) is 51.3. The van der Waals surface area contributed by atoms with Crippen LogP contribution >= 0.6 is 7.82 Å². The summed E-state index contributed by atoms with van der Waals surface area (Å²) in [4.78, 5) is 37.7. The first-order valence-electron chi connectivity index (χ1n) is 32.5. The van der Waals surface area contributed by atoms with Crippen LogP contribution in [0.2, 0.25) is 0 Å². The fourth-order valence-electron chi connectivity index (χ4n) is 9.94. The van der Waals surface area contributed by atoms with Gasteiger partial charge in [0, 0.05) is 12.8 Å². The lowest BCUT2D eigenvalue weighted by Crippen LogP contribution is -2.47. The van der Waals surface area contributed by atoms with Gasteiger partial charge in [0.2, 0.25) is 5.91 Å². The largest absolute Gasteiger partial charge is 0.472 e.